The maximum Gasteiger partial charge on any atom is 0.286 e. The number of hydrogen-bond acceptors (Lipinski definition) is 4. The second-order valence-electron chi connectivity index (χ2n) is 4.79. The van der Waals surface area contributed by atoms with E-state index in [4.69, 9.17) is 5.73 Å². The maximum atomic E-state index is 12.0. The van der Waals surface area contributed by atoms with Crippen LogP contribution >= 0.6 is 0 Å². The van der Waals surface area contributed by atoms with Crippen LogP contribution < -0.4 is 5.73 Å². The standard InChI is InChI=1S/C11H20N2O5S/c1-3-5-7-6-9(14)13(8(4-2)10(12)15)11(7)19(16,17)18/h7-8,11H,3-6H2,1-2H3,(H2,12,15)(H,16,17,18)/t7-,8+,11?/m1/s1. The molecule has 3 N–H and O–H groups in total. The average Bonchev–Trinajstić information content (AvgIpc) is 2.56. The number of nitrogens with two attached hydrogens (primary N) is 1. The van der Waals surface area contributed by atoms with Gasteiger partial charge in [0.05, 0.1) is 0 Å². The SMILES string of the molecule is CCC[C@@H]1CC(=O)N([C@@H](CC)C(N)=O)C1S(=O)(=O)O. The molecule has 8 heteroatoms. The van der Waals surface area contributed by atoms with Gasteiger partial charge in [-0.15, -0.1) is 0 Å². The van der Waals surface area contributed by atoms with Gasteiger partial charge in [0, 0.05) is 12.3 Å². The zero-order valence-corrected chi connectivity index (χ0v) is 11.9. The Balaban J connectivity index is 3.19. The molecule has 1 saturated heterocycles. The van der Waals surface area contributed by atoms with Crippen LogP contribution in [0.25, 0.3) is 0 Å². The predicted octanol–water partition coefficient (Wildman–Crippen LogP) is 0.113. The first-order valence-corrected chi connectivity index (χ1v) is 7.81. The smallest absolute Gasteiger partial charge is 0.286 e. The van der Waals surface area contributed by atoms with Crippen molar-refractivity contribution in [3.05, 3.63) is 0 Å². The van der Waals surface area contributed by atoms with Crippen molar-refractivity contribution in [1.82, 2.24) is 4.90 Å². The molecule has 0 radical (unpaired) electrons. The van der Waals surface area contributed by atoms with Crippen LogP contribution in [0, 0.1) is 5.92 Å². The van der Waals surface area contributed by atoms with Gasteiger partial charge in [0.1, 0.15) is 6.04 Å². The van der Waals surface area contributed by atoms with E-state index < -0.39 is 39.3 Å². The summed E-state index contributed by atoms with van der Waals surface area (Å²) in [6.45, 7) is 3.50. The molecule has 1 heterocycles. The summed E-state index contributed by atoms with van der Waals surface area (Å²) in [7, 11) is -4.45. The van der Waals surface area contributed by atoms with E-state index in [1.807, 2.05) is 6.92 Å². The fourth-order valence-electron chi connectivity index (χ4n) is 2.69. The van der Waals surface area contributed by atoms with Crippen molar-refractivity contribution in [3.63, 3.8) is 0 Å². The molecule has 0 saturated carbocycles. The highest BCUT2D eigenvalue weighted by atomic mass is 32.2. The molecule has 19 heavy (non-hydrogen) atoms. The third kappa shape index (κ3) is 3.24. The third-order valence-corrected chi connectivity index (χ3v) is 4.64. The van der Waals surface area contributed by atoms with Crippen LogP contribution in [0.2, 0.25) is 0 Å². The third-order valence-electron chi connectivity index (χ3n) is 3.42. The Labute approximate surface area is 112 Å². The summed E-state index contributed by atoms with van der Waals surface area (Å²) >= 11 is 0. The van der Waals surface area contributed by atoms with E-state index in [2.05, 4.69) is 0 Å². The highest BCUT2D eigenvalue weighted by Crippen LogP contribution is 2.34. The molecule has 0 aromatic heterocycles. The van der Waals surface area contributed by atoms with E-state index in [0.717, 1.165) is 4.90 Å². The molecule has 3 atom stereocenters. The molecule has 0 bridgehead atoms. The first-order valence-electron chi connectivity index (χ1n) is 6.30. The van der Waals surface area contributed by atoms with Crippen molar-refractivity contribution >= 4 is 21.9 Å². The van der Waals surface area contributed by atoms with Gasteiger partial charge in [-0.1, -0.05) is 20.3 Å². The number of nitrogens with zero attached hydrogens (tertiary/aromatic N) is 1. The zero-order chi connectivity index (χ0) is 14.8. The minimum Gasteiger partial charge on any atom is -0.368 e. The van der Waals surface area contributed by atoms with Gasteiger partial charge in [-0.25, -0.2) is 0 Å². The number of likely N-dealkylation sites (tertiary alicyclic amines) is 1. The average molecular weight is 292 g/mol. The second kappa shape index (κ2) is 5.87. The van der Waals surface area contributed by atoms with Gasteiger partial charge in [-0.05, 0) is 12.8 Å². The number of amides is 2. The summed E-state index contributed by atoms with van der Waals surface area (Å²) in [5.41, 5.74) is 5.20. The Hall–Kier alpha value is -1.15. The molecule has 7 nitrogen and oxygen atoms in total. The van der Waals surface area contributed by atoms with E-state index in [-0.39, 0.29) is 12.8 Å². The maximum absolute atomic E-state index is 12.0. The Morgan fingerprint density at radius 3 is 2.47 bits per heavy atom. The largest absolute Gasteiger partial charge is 0.368 e. The topological polar surface area (TPSA) is 118 Å². The van der Waals surface area contributed by atoms with E-state index in [1.54, 1.807) is 6.92 Å². The quantitative estimate of drug-likeness (QED) is 0.674. The molecule has 1 aliphatic heterocycles. The summed E-state index contributed by atoms with van der Waals surface area (Å²) in [6.07, 6.45) is 1.40. The lowest BCUT2D eigenvalue weighted by atomic mass is 10.0. The van der Waals surface area contributed by atoms with Crippen LogP contribution in [0.4, 0.5) is 0 Å². The van der Waals surface area contributed by atoms with E-state index >= 15 is 0 Å². The first-order chi connectivity index (χ1) is 8.73. The molecule has 1 rings (SSSR count). The van der Waals surface area contributed by atoms with E-state index in [9.17, 15) is 22.6 Å². The van der Waals surface area contributed by atoms with Crippen molar-refractivity contribution in [2.24, 2.45) is 11.7 Å². The molecule has 110 valence electrons. The van der Waals surface area contributed by atoms with Crippen molar-refractivity contribution in [3.8, 4) is 0 Å². The molecule has 1 aliphatic rings. The minimum atomic E-state index is -4.45. The molecule has 2 amide bonds. The number of rotatable bonds is 6. The number of carbonyl (C=O) groups is 2. The molecule has 1 unspecified atom stereocenters. The molecule has 1 fully saturated rings. The predicted molar refractivity (Wildman–Crippen MR) is 68.5 cm³/mol. The van der Waals surface area contributed by atoms with Crippen LogP contribution in [0.5, 0.6) is 0 Å². The fraction of sp³-hybridized carbons (Fsp3) is 0.818. The van der Waals surface area contributed by atoms with Gasteiger partial charge in [0.25, 0.3) is 10.1 Å². The van der Waals surface area contributed by atoms with Crippen molar-refractivity contribution in [2.75, 3.05) is 0 Å². The van der Waals surface area contributed by atoms with Gasteiger partial charge < -0.3 is 10.6 Å². The Bertz CT molecular complexity index is 462. The highest BCUT2D eigenvalue weighted by Gasteiger charge is 2.49. The van der Waals surface area contributed by atoms with Crippen molar-refractivity contribution in [2.45, 2.75) is 50.9 Å². The fourth-order valence-corrected chi connectivity index (χ4v) is 3.96. The molecule has 0 spiro atoms. The van der Waals surface area contributed by atoms with Crippen molar-refractivity contribution < 1.29 is 22.6 Å². The highest BCUT2D eigenvalue weighted by molar-refractivity contribution is 7.86. The molecular weight excluding hydrogens is 272 g/mol. The Morgan fingerprint density at radius 2 is 2.11 bits per heavy atom. The lowest BCUT2D eigenvalue weighted by Crippen LogP contribution is -2.52. The van der Waals surface area contributed by atoms with Gasteiger partial charge >= 0.3 is 0 Å². The summed E-state index contributed by atoms with van der Waals surface area (Å²) < 4.78 is 32.4. The van der Waals surface area contributed by atoms with Gasteiger partial charge in [0.2, 0.25) is 11.8 Å². The van der Waals surface area contributed by atoms with Crippen LogP contribution in [0.1, 0.15) is 39.5 Å². The lowest BCUT2D eigenvalue weighted by molar-refractivity contribution is -0.136. The first kappa shape index (κ1) is 15.9. The second-order valence-corrected chi connectivity index (χ2v) is 6.30. The van der Waals surface area contributed by atoms with Crippen molar-refractivity contribution in [1.29, 1.82) is 0 Å². The Kier molecular flexibility index (Phi) is 4.92. The minimum absolute atomic E-state index is 0.0159. The summed E-state index contributed by atoms with van der Waals surface area (Å²) in [4.78, 5) is 24.3. The van der Waals surface area contributed by atoms with Gasteiger partial charge in [0.15, 0.2) is 5.37 Å². The van der Waals surface area contributed by atoms with E-state index in [1.165, 1.54) is 0 Å². The summed E-state index contributed by atoms with van der Waals surface area (Å²) in [6, 6.07) is -0.999. The van der Waals surface area contributed by atoms with Gasteiger partial charge in [-0.2, -0.15) is 8.42 Å². The summed E-state index contributed by atoms with van der Waals surface area (Å²) in [5, 5.41) is -1.36. The van der Waals surface area contributed by atoms with Crippen LogP contribution in [-0.2, 0) is 19.7 Å². The molecular formula is C11H20N2O5S. The molecule has 0 aromatic rings. The number of primary amides is 1. The summed E-state index contributed by atoms with van der Waals surface area (Å²) in [5.74, 6) is -1.71. The zero-order valence-electron chi connectivity index (χ0n) is 11.1. The van der Waals surface area contributed by atoms with Crippen LogP contribution in [0.3, 0.4) is 0 Å². The molecule has 0 aliphatic carbocycles. The number of carbonyl (C=O) groups excluding carboxylic acids is 2. The van der Waals surface area contributed by atoms with E-state index in [0.29, 0.717) is 12.8 Å². The van der Waals surface area contributed by atoms with Crippen LogP contribution in [-0.4, -0.2) is 41.1 Å². The van der Waals surface area contributed by atoms with Gasteiger partial charge in [-0.3, -0.25) is 14.1 Å². The molecule has 0 aromatic carbocycles. The Morgan fingerprint density at radius 1 is 1.53 bits per heavy atom. The number of hydrogen-bond donors (Lipinski definition) is 2. The van der Waals surface area contributed by atoms with Crippen LogP contribution in [0.15, 0.2) is 0 Å². The lowest BCUT2D eigenvalue weighted by Gasteiger charge is -2.30. The monoisotopic (exact) mass is 292 g/mol. The normalized spacial score (nSPS) is 25.6.